The Hall–Kier alpha value is -0.300. The fourth-order valence-corrected chi connectivity index (χ4v) is 0.440. The van der Waals surface area contributed by atoms with Gasteiger partial charge in [-0.15, -0.1) is 0 Å². The third-order valence-electron chi connectivity index (χ3n) is 0.981. The zero-order valence-corrected chi connectivity index (χ0v) is 5.36. The van der Waals surface area contributed by atoms with E-state index in [0.29, 0.717) is 0 Å². The number of nitrogens with two attached hydrogens (primary N) is 1. The zero-order chi connectivity index (χ0) is 5.70. The topological polar surface area (TPSA) is 16.6 Å². The van der Waals surface area contributed by atoms with Gasteiger partial charge >= 0.3 is 0 Å². The first-order valence-corrected chi connectivity index (χ1v) is 2.77. The second-order valence-corrected chi connectivity index (χ2v) is 1.65. The molecular formula is C6H14N+. The average Bonchev–Trinajstić information content (AvgIpc) is 1.68. The van der Waals surface area contributed by atoms with E-state index in [9.17, 15) is 0 Å². The summed E-state index contributed by atoms with van der Waals surface area (Å²) in [5, 5.41) is 2.21. The van der Waals surface area contributed by atoms with E-state index >= 15 is 0 Å². The Morgan fingerprint density at radius 2 is 2.29 bits per heavy atom. The van der Waals surface area contributed by atoms with Crippen molar-refractivity contribution in [3.8, 4) is 0 Å². The second kappa shape index (κ2) is 3.88. The highest BCUT2D eigenvalue weighted by atomic mass is 14.8. The molecule has 0 aliphatic carbocycles. The first kappa shape index (κ1) is 6.70. The Morgan fingerprint density at radius 3 is 2.43 bits per heavy atom. The first-order valence-electron chi connectivity index (χ1n) is 2.77. The van der Waals surface area contributed by atoms with E-state index in [1.54, 1.807) is 0 Å². The van der Waals surface area contributed by atoms with Crippen LogP contribution in [0, 0.1) is 0 Å². The molecule has 0 aliphatic heterocycles. The molecule has 0 fully saturated rings. The van der Waals surface area contributed by atoms with E-state index in [0.717, 1.165) is 6.54 Å². The summed E-state index contributed by atoms with van der Waals surface area (Å²) in [7, 11) is 0. The Balaban J connectivity index is 3.17. The molecular weight excluding hydrogens is 86.1 g/mol. The molecule has 0 radical (unpaired) electrons. The number of allylic oxidation sites excluding steroid dienone is 2. The van der Waals surface area contributed by atoms with Crippen LogP contribution in [0.5, 0.6) is 0 Å². The Labute approximate surface area is 45.4 Å². The molecule has 0 aromatic carbocycles. The molecule has 0 aliphatic rings. The van der Waals surface area contributed by atoms with Gasteiger partial charge in [0.25, 0.3) is 0 Å². The number of hydrogen-bond acceptors (Lipinski definition) is 0. The lowest BCUT2D eigenvalue weighted by Gasteiger charge is -1.91. The van der Waals surface area contributed by atoms with Crippen molar-refractivity contribution in [3.05, 3.63) is 11.8 Å². The molecule has 0 saturated carbocycles. The van der Waals surface area contributed by atoms with Gasteiger partial charge in [0, 0.05) is 6.92 Å². The van der Waals surface area contributed by atoms with Crippen molar-refractivity contribution < 1.29 is 5.32 Å². The number of hydrogen-bond donors (Lipinski definition) is 1. The van der Waals surface area contributed by atoms with Crippen molar-refractivity contribution in [3.63, 3.8) is 0 Å². The van der Waals surface area contributed by atoms with Gasteiger partial charge in [-0.2, -0.15) is 0 Å². The van der Waals surface area contributed by atoms with E-state index in [2.05, 4.69) is 32.2 Å². The maximum absolute atomic E-state index is 2.21. The molecule has 2 N–H and O–H groups in total. The van der Waals surface area contributed by atoms with Gasteiger partial charge in [-0.25, -0.2) is 0 Å². The fraction of sp³-hybridized carbons (Fsp3) is 0.667. The molecule has 0 aromatic heterocycles. The lowest BCUT2D eigenvalue weighted by molar-refractivity contribution is -0.602. The molecule has 0 aromatic rings. The Bertz CT molecular complexity index is 64.6. The highest BCUT2D eigenvalue weighted by molar-refractivity contribution is 4.79. The first-order chi connectivity index (χ1) is 3.31. The van der Waals surface area contributed by atoms with Crippen LogP contribution in [0.3, 0.4) is 0 Å². The number of rotatable bonds is 2. The minimum Gasteiger partial charge on any atom is -0.318 e. The van der Waals surface area contributed by atoms with Gasteiger partial charge in [0.1, 0.15) is 0 Å². The van der Waals surface area contributed by atoms with E-state index in [-0.39, 0.29) is 0 Å². The van der Waals surface area contributed by atoms with Crippen molar-refractivity contribution in [2.75, 3.05) is 6.54 Å². The van der Waals surface area contributed by atoms with Crippen LogP contribution in [-0.2, 0) is 0 Å². The van der Waals surface area contributed by atoms with Crippen LogP contribution in [0.4, 0.5) is 0 Å². The summed E-state index contributed by atoms with van der Waals surface area (Å²) in [6.07, 6.45) is 2.11. The van der Waals surface area contributed by atoms with Gasteiger partial charge in [-0.1, -0.05) is 0 Å². The molecule has 0 unspecified atom stereocenters. The van der Waals surface area contributed by atoms with Crippen LogP contribution in [0.2, 0.25) is 0 Å². The van der Waals surface area contributed by atoms with Gasteiger partial charge in [0.2, 0.25) is 0 Å². The van der Waals surface area contributed by atoms with Crippen LogP contribution < -0.4 is 5.32 Å². The average molecular weight is 100 g/mol. The predicted octanol–water partition coefficient (Wildman–Crippen LogP) is 0.493. The molecule has 1 nitrogen and oxygen atoms in total. The van der Waals surface area contributed by atoms with Crippen molar-refractivity contribution >= 4 is 0 Å². The SMILES string of the molecule is CC=C(C)[NH2+]CC. The Morgan fingerprint density at radius 1 is 1.71 bits per heavy atom. The van der Waals surface area contributed by atoms with E-state index in [1.165, 1.54) is 5.70 Å². The molecule has 0 rings (SSSR count). The predicted molar refractivity (Wildman–Crippen MR) is 31.9 cm³/mol. The maximum atomic E-state index is 2.21. The summed E-state index contributed by atoms with van der Waals surface area (Å²) in [5.74, 6) is 0. The van der Waals surface area contributed by atoms with Crippen LogP contribution in [-0.4, -0.2) is 6.54 Å². The van der Waals surface area contributed by atoms with Crippen molar-refractivity contribution in [1.82, 2.24) is 0 Å². The molecule has 0 bridgehead atoms. The maximum Gasteiger partial charge on any atom is 0.0980 e. The molecule has 0 spiro atoms. The fourth-order valence-electron chi connectivity index (χ4n) is 0.440. The van der Waals surface area contributed by atoms with Gasteiger partial charge < -0.3 is 5.32 Å². The zero-order valence-electron chi connectivity index (χ0n) is 5.36. The van der Waals surface area contributed by atoms with Crippen LogP contribution in [0.15, 0.2) is 11.8 Å². The molecule has 0 heterocycles. The smallest absolute Gasteiger partial charge is 0.0980 e. The van der Waals surface area contributed by atoms with Crippen molar-refractivity contribution in [1.29, 1.82) is 0 Å². The lowest BCUT2D eigenvalue weighted by atomic mass is 10.4. The van der Waals surface area contributed by atoms with Crippen LogP contribution in [0.25, 0.3) is 0 Å². The summed E-state index contributed by atoms with van der Waals surface area (Å²) in [4.78, 5) is 0. The van der Waals surface area contributed by atoms with E-state index < -0.39 is 0 Å². The molecule has 0 saturated heterocycles. The summed E-state index contributed by atoms with van der Waals surface area (Å²) >= 11 is 0. The summed E-state index contributed by atoms with van der Waals surface area (Å²) < 4.78 is 0. The third-order valence-corrected chi connectivity index (χ3v) is 0.981. The minimum absolute atomic E-state index is 1.15. The summed E-state index contributed by atoms with van der Waals surface area (Å²) in [6.45, 7) is 7.47. The molecule has 1 heteroatoms. The third kappa shape index (κ3) is 3.53. The highest BCUT2D eigenvalue weighted by Gasteiger charge is 1.82. The molecule has 42 valence electrons. The minimum atomic E-state index is 1.15. The molecule has 7 heavy (non-hydrogen) atoms. The highest BCUT2D eigenvalue weighted by Crippen LogP contribution is 1.70. The molecule has 0 amide bonds. The van der Waals surface area contributed by atoms with Crippen molar-refractivity contribution in [2.45, 2.75) is 20.8 Å². The van der Waals surface area contributed by atoms with Gasteiger partial charge in [-0.05, 0) is 19.9 Å². The normalized spacial score (nSPS) is 12.1. The monoisotopic (exact) mass is 100 g/mol. The number of quaternary nitrogens is 1. The van der Waals surface area contributed by atoms with Gasteiger partial charge in [0.15, 0.2) is 0 Å². The van der Waals surface area contributed by atoms with Crippen molar-refractivity contribution in [2.24, 2.45) is 0 Å². The largest absolute Gasteiger partial charge is 0.318 e. The van der Waals surface area contributed by atoms with Crippen LogP contribution in [0.1, 0.15) is 20.8 Å². The van der Waals surface area contributed by atoms with E-state index in [1.807, 2.05) is 0 Å². The van der Waals surface area contributed by atoms with Gasteiger partial charge in [-0.3, -0.25) is 0 Å². The standard InChI is InChI=1S/C6H13N/c1-4-6(3)7-5-2/h4,7H,5H2,1-3H3/p+1. The Kier molecular flexibility index (Phi) is 3.71. The molecule has 0 atom stereocenters. The summed E-state index contributed by atoms with van der Waals surface area (Å²) in [6, 6.07) is 0. The summed E-state index contributed by atoms with van der Waals surface area (Å²) in [5.41, 5.74) is 1.38. The van der Waals surface area contributed by atoms with Gasteiger partial charge in [0.05, 0.1) is 12.2 Å². The van der Waals surface area contributed by atoms with E-state index in [4.69, 9.17) is 0 Å². The quantitative estimate of drug-likeness (QED) is 0.520. The van der Waals surface area contributed by atoms with Crippen LogP contribution >= 0.6 is 0 Å². The lowest BCUT2D eigenvalue weighted by Crippen LogP contribution is -2.80. The second-order valence-electron chi connectivity index (χ2n) is 1.65.